The number of fused-ring (bicyclic) bond motifs is 2. The molecule has 0 saturated heterocycles. The second kappa shape index (κ2) is 7.06. The summed E-state index contributed by atoms with van der Waals surface area (Å²) in [5, 5.41) is 2.16. The van der Waals surface area contributed by atoms with Crippen LogP contribution in [0.2, 0.25) is 10.0 Å². The molecule has 0 aliphatic rings. The van der Waals surface area contributed by atoms with Gasteiger partial charge < -0.3 is 9.97 Å². The van der Waals surface area contributed by atoms with Gasteiger partial charge in [-0.1, -0.05) is 23.2 Å². The van der Waals surface area contributed by atoms with E-state index in [0.717, 1.165) is 11.0 Å². The van der Waals surface area contributed by atoms with Gasteiger partial charge in [0.1, 0.15) is 0 Å². The average molecular weight is 538 g/mol. The zero-order chi connectivity index (χ0) is 18.4. The molecule has 132 valence electrons. The van der Waals surface area contributed by atoms with Crippen LogP contribution in [-0.4, -0.2) is 9.97 Å². The molecule has 4 aromatic rings. The third-order valence-electron chi connectivity index (χ3n) is 3.75. The lowest BCUT2D eigenvalue weighted by atomic mass is 10.2. The summed E-state index contributed by atoms with van der Waals surface area (Å²) in [7, 11) is -2.51. The van der Waals surface area contributed by atoms with Crippen molar-refractivity contribution in [2.45, 2.75) is 0 Å². The Hall–Kier alpha value is -1.24. The second-order valence-corrected chi connectivity index (χ2v) is 8.56. The summed E-state index contributed by atoms with van der Waals surface area (Å²) in [6, 6.07) is 7.30. The topological polar surface area (TPSA) is 67.1 Å². The molecule has 0 aliphatic heterocycles. The maximum absolute atomic E-state index is 12.4. The van der Waals surface area contributed by atoms with Crippen molar-refractivity contribution in [2.24, 2.45) is 0 Å². The van der Waals surface area contributed by atoms with Gasteiger partial charge in [0.25, 0.3) is 0 Å². The molecule has 0 fully saturated rings. The van der Waals surface area contributed by atoms with Gasteiger partial charge in [0.2, 0.25) is 11.5 Å². The highest BCUT2D eigenvalue weighted by atomic mass is 79.9. The Bertz CT molecular complexity index is 1090. The lowest BCUT2D eigenvalue weighted by molar-refractivity contribution is 0.419. The van der Waals surface area contributed by atoms with Crippen molar-refractivity contribution >= 4 is 85.1 Å². The highest BCUT2D eigenvalue weighted by Crippen LogP contribution is 2.43. The predicted molar refractivity (Wildman–Crippen MR) is 111 cm³/mol. The molecule has 4 rings (SSSR count). The quantitative estimate of drug-likeness (QED) is 0.263. The Morgan fingerprint density at radius 3 is 1.65 bits per heavy atom. The van der Waals surface area contributed by atoms with Gasteiger partial charge in [0, 0.05) is 13.5 Å². The van der Waals surface area contributed by atoms with Crippen LogP contribution < -0.4 is 9.05 Å². The normalized spacial score (nSPS) is 11.2. The van der Waals surface area contributed by atoms with Crippen LogP contribution in [0.1, 0.15) is 0 Å². The lowest BCUT2D eigenvalue weighted by Crippen LogP contribution is -1.88. The number of aromatic nitrogens is 2. The molecule has 5 nitrogen and oxygen atoms in total. The van der Waals surface area contributed by atoms with E-state index in [1.165, 1.54) is 0 Å². The van der Waals surface area contributed by atoms with E-state index in [0.29, 0.717) is 41.3 Å². The van der Waals surface area contributed by atoms with E-state index in [4.69, 9.17) is 32.2 Å². The Balaban J connectivity index is 1.65. The van der Waals surface area contributed by atoms with Crippen molar-refractivity contribution in [3.63, 3.8) is 0 Å². The summed E-state index contributed by atoms with van der Waals surface area (Å²) in [4.78, 5) is 6.04. The summed E-state index contributed by atoms with van der Waals surface area (Å²) >= 11 is 19.3. The van der Waals surface area contributed by atoms with Crippen molar-refractivity contribution in [2.75, 3.05) is 0 Å². The Labute approximate surface area is 175 Å². The number of benzene rings is 2. The molecule has 2 heterocycles. The molecule has 0 radical (unpaired) electrons. The largest absolute Gasteiger partial charge is 0.805 e. The van der Waals surface area contributed by atoms with E-state index in [-0.39, 0.29) is 0 Å². The molecule has 0 saturated carbocycles. The first-order valence-electron chi connectivity index (χ1n) is 7.19. The Morgan fingerprint density at radius 2 is 1.23 bits per heavy atom. The molecule has 0 spiro atoms. The SMILES string of the molecule is O=[P+](Oc1c[nH]c2ccc(Br)c(Cl)c12)Oc1c[nH]c2ccc(Br)c(Cl)c12. The number of H-pyrrole nitrogens is 2. The number of aromatic amines is 2. The number of hydrogen-bond donors (Lipinski definition) is 2. The van der Waals surface area contributed by atoms with E-state index >= 15 is 0 Å². The van der Waals surface area contributed by atoms with Crippen LogP contribution in [0.15, 0.2) is 45.6 Å². The molecule has 0 bridgehead atoms. The molecule has 2 aromatic heterocycles. The molecular weight excluding hydrogens is 530 g/mol. The van der Waals surface area contributed by atoms with Gasteiger partial charge in [-0.15, -0.1) is 0 Å². The van der Waals surface area contributed by atoms with Crippen molar-refractivity contribution in [3.8, 4) is 11.5 Å². The zero-order valence-corrected chi connectivity index (χ0v) is 18.2. The van der Waals surface area contributed by atoms with Crippen LogP contribution in [0, 0.1) is 0 Å². The Kier molecular flexibility index (Phi) is 4.92. The monoisotopic (exact) mass is 535 g/mol. The van der Waals surface area contributed by atoms with Crippen LogP contribution in [0.3, 0.4) is 0 Å². The molecule has 0 unspecified atom stereocenters. The minimum atomic E-state index is -2.51. The maximum Gasteiger partial charge on any atom is 0.805 e. The molecule has 26 heavy (non-hydrogen) atoms. The van der Waals surface area contributed by atoms with E-state index in [1.807, 2.05) is 24.3 Å². The average Bonchev–Trinajstić information content (AvgIpc) is 3.20. The first kappa shape index (κ1) is 18.1. The van der Waals surface area contributed by atoms with Gasteiger partial charge in [-0.3, -0.25) is 0 Å². The number of rotatable bonds is 4. The molecule has 10 heteroatoms. The highest BCUT2D eigenvalue weighted by molar-refractivity contribution is 9.10. The fourth-order valence-electron chi connectivity index (χ4n) is 2.58. The summed E-state index contributed by atoms with van der Waals surface area (Å²) < 4.78 is 24.8. The number of hydrogen-bond acceptors (Lipinski definition) is 3. The number of nitrogens with one attached hydrogen (secondary N) is 2. The van der Waals surface area contributed by atoms with Gasteiger partial charge in [0.15, 0.2) is 0 Å². The highest BCUT2D eigenvalue weighted by Gasteiger charge is 2.29. The molecule has 0 amide bonds. The fourth-order valence-corrected chi connectivity index (χ4v) is 4.40. The predicted octanol–water partition coefficient (Wildman–Crippen LogP) is 7.60. The maximum atomic E-state index is 12.4. The van der Waals surface area contributed by atoms with E-state index < -0.39 is 8.25 Å². The minimum absolute atomic E-state index is 0.333. The van der Waals surface area contributed by atoms with Gasteiger partial charge in [-0.2, -0.15) is 0 Å². The second-order valence-electron chi connectivity index (χ2n) is 5.28. The van der Waals surface area contributed by atoms with Crippen molar-refractivity contribution in [1.29, 1.82) is 0 Å². The van der Waals surface area contributed by atoms with Gasteiger partial charge in [-0.05, 0) is 56.1 Å². The minimum Gasteiger partial charge on any atom is -0.358 e. The lowest BCUT2D eigenvalue weighted by Gasteiger charge is -1.99. The molecule has 0 aliphatic carbocycles. The van der Waals surface area contributed by atoms with Crippen LogP contribution in [-0.2, 0) is 4.57 Å². The summed E-state index contributed by atoms with van der Waals surface area (Å²) in [5.41, 5.74) is 1.52. The van der Waals surface area contributed by atoms with E-state index in [1.54, 1.807) is 12.4 Å². The standard InChI is InChI=1S/C16H8Br2Cl2N2O3P/c17-7-1-3-9-13(15(7)19)11(5-21-9)24-26(23)25-12-6-22-10-4-2-8(18)16(20)14(10)12/h1-6,21-22H/q+1. The Morgan fingerprint density at radius 1 is 0.808 bits per heavy atom. The molecular formula is C16H8Br2Cl2N2O3P+. The summed E-state index contributed by atoms with van der Waals surface area (Å²) in [5.74, 6) is 0.666. The van der Waals surface area contributed by atoms with Crippen LogP contribution in [0.25, 0.3) is 21.8 Å². The molecule has 2 N–H and O–H groups in total. The van der Waals surface area contributed by atoms with Gasteiger partial charge in [-0.25, -0.2) is 9.05 Å². The summed E-state index contributed by atoms with van der Waals surface area (Å²) in [6.07, 6.45) is 3.16. The smallest absolute Gasteiger partial charge is 0.358 e. The summed E-state index contributed by atoms with van der Waals surface area (Å²) in [6.45, 7) is 0. The van der Waals surface area contributed by atoms with Gasteiger partial charge in [0.05, 0.1) is 44.2 Å². The van der Waals surface area contributed by atoms with Crippen molar-refractivity contribution in [3.05, 3.63) is 55.6 Å². The third-order valence-corrected chi connectivity index (χ3v) is 7.00. The van der Waals surface area contributed by atoms with E-state index in [9.17, 15) is 4.57 Å². The zero-order valence-electron chi connectivity index (χ0n) is 12.6. The van der Waals surface area contributed by atoms with Crippen LogP contribution in [0.5, 0.6) is 11.5 Å². The fraction of sp³-hybridized carbons (Fsp3) is 0. The molecule has 0 atom stereocenters. The van der Waals surface area contributed by atoms with E-state index in [2.05, 4.69) is 41.8 Å². The first-order chi connectivity index (χ1) is 12.5. The van der Waals surface area contributed by atoms with Gasteiger partial charge >= 0.3 is 8.25 Å². The first-order valence-corrected chi connectivity index (χ1v) is 10.6. The third kappa shape index (κ3) is 3.12. The van der Waals surface area contributed by atoms with Crippen molar-refractivity contribution < 1.29 is 13.6 Å². The van der Waals surface area contributed by atoms with Crippen molar-refractivity contribution in [1.82, 2.24) is 9.97 Å². The number of halogens is 4. The van der Waals surface area contributed by atoms with Crippen LogP contribution in [0.4, 0.5) is 0 Å². The molecule has 2 aromatic carbocycles. The van der Waals surface area contributed by atoms with Crippen LogP contribution >= 0.6 is 63.3 Å².